The molecule has 0 aliphatic carbocycles. The number of rotatable bonds is 6. The molecule has 2 aromatic rings. The number of ether oxygens (including phenoxy) is 3. The average molecular weight is 322 g/mol. The van der Waals surface area contributed by atoms with Crippen molar-refractivity contribution in [3.63, 3.8) is 0 Å². The first-order valence-corrected chi connectivity index (χ1v) is 6.78. The third-order valence-corrected chi connectivity index (χ3v) is 3.38. The summed E-state index contributed by atoms with van der Waals surface area (Å²) < 4.78 is 15.9. The van der Waals surface area contributed by atoms with Gasteiger partial charge in [-0.15, -0.1) is 0 Å². The molecule has 0 unspecified atom stereocenters. The first-order chi connectivity index (χ1) is 10.9. The minimum atomic E-state index is -1.12. The fraction of sp³-hybridized carbons (Fsp3) is 0.333. The number of hydrogen-bond donors (Lipinski definition) is 3. The number of methoxy groups -OCH3 is 3. The van der Waals surface area contributed by atoms with E-state index >= 15 is 0 Å². The summed E-state index contributed by atoms with van der Waals surface area (Å²) in [5.41, 5.74) is 0.764. The standard InChI is InChI=1S/C15H18N2O6/c1-7(15(19)20)16-14(18)9-5-8-6-10(21-2)12(22-3)13(23-4)11(8)17-9/h5-7,17H,1-4H3,(H,16,18)(H,19,20)/t7-/m0/s1. The van der Waals surface area contributed by atoms with Gasteiger partial charge in [0.2, 0.25) is 5.75 Å². The van der Waals surface area contributed by atoms with E-state index in [-0.39, 0.29) is 5.69 Å². The molecule has 0 aliphatic heterocycles. The maximum absolute atomic E-state index is 12.1. The van der Waals surface area contributed by atoms with E-state index in [4.69, 9.17) is 19.3 Å². The first kappa shape index (κ1) is 16.5. The monoisotopic (exact) mass is 322 g/mol. The largest absolute Gasteiger partial charge is 0.493 e. The Morgan fingerprint density at radius 3 is 2.30 bits per heavy atom. The maximum Gasteiger partial charge on any atom is 0.325 e. The number of aromatic nitrogens is 1. The van der Waals surface area contributed by atoms with Gasteiger partial charge in [-0.2, -0.15) is 0 Å². The molecule has 0 spiro atoms. The third-order valence-electron chi connectivity index (χ3n) is 3.38. The van der Waals surface area contributed by atoms with Gasteiger partial charge in [0.05, 0.1) is 26.8 Å². The van der Waals surface area contributed by atoms with E-state index in [9.17, 15) is 9.59 Å². The fourth-order valence-electron chi connectivity index (χ4n) is 2.20. The van der Waals surface area contributed by atoms with E-state index in [2.05, 4.69) is 10.3 Å². The van der Waals surface area contributed by atoms with Crippen LogP contribution in [-0.2, 0) is 4.79 Å². The molecule has 3 N–H and O–H groups in total. The molecule has 8 heteroatoms. The van der Waals surface area contributed by atoms with E-state index in [0.29, 0.717) is 28.2 Å². The van der Waals surface area contributed by atoms with Gasteiger partial charge in [0, 0.05) is 5.39 Å². The first-order valence-electron chi connectivity index (χ1n) is 6.78. The van der Waals surface area contributed by atoms with Gasteiger partial charge >= 0.3 is 5.97 Å². The normalized spacial score (nSPS) is 11.8. The summed E-state index contributed by atoms with van der Waals surface area (Å²) >= 11 is 0. The van der Waals surface area contributed by atoms with Crippen molar-refractivity contribution in [3.05, 3.63) is 17.8 Å². The van der Waals surface area contributed by atoms with E-state index in [0.717, 1.165) is 0 Å². The van der Waals surface area contributed by atoms with Crippen LogP contribution in [0.1, 0.15) is 17.4 Å². The number of H-pyrrole nitrogens is 1. The number of carbonyl (C=O) groups excluding carboxylic acids is 1. The zero-order valence-electron chi connectivity index (χ0n) is 13.2. The van der Waals surface area contributed by atoms with Gasteiger partial charge in [-0.1, -0.05) is 0 Å². The zero-order valence-corrected chi connectivity index (χ0v) is 13.2. The van der Waals surface area contributed by atoms with Gasteiger partial charge in [0.25, 0.3) is 5.91 Å². The van der Waals surface area contributed by atoms with Gasteiger partial charge in [-0.05, 0) is 19.1 Å². The second kappa shape index (κ2) is 6.47. The van der Waals surface area contributed by atoms with Crippen LogP contribution in [-0.4, -0.2) is 49.3 Å². The summed E-state index contributed by atoms with van der Waals surface area (Å²) in [7, 11) is 4.46. The molecule has 1 heterocycles. The number of fused-ring (bicyclic) bond motifs is 1. The van der Waals surface area contributed by atoms with Crippen molar-refractivity contribution in [1.82, 2.24) is 10.3 Å². The number of carbonyl (C=O) groups is 2. The zero-order chi connectivity index (χ0) is 17.1. The third kappa shape index (κ3) is 3.01. The molecule has 1 aromatic heterocycles. The second-order valence-corrected chi connectivity index (χ2v) is 4.83. The van der Waals surface area contributed by atoms with Crippen molar-refractivity contribution in [2.24, 2.45) is 0 Å². The van der Waals surface area contributed by atoms with Crippen LogP contribution >= 0.6 is 0 Å². The molecule has 2 rings (SSSR count). The quantitative estimate of drug-likeness (QED) is 0.741. The van der Waals surface area contributed by atoms with Gasteiger partial charge in [-0.3, -0.25) is 9.59 Å². The minimum absolute atomic E-state index is 0.210. The van der Waals surface area contributed by atoms with Gasteiger partial charge in [0.15, 0.2) is 11.5 Å². The predicted octanol–water partition coefficient (Wildman–Crippen LogP) is 1.40. The molecule has 0 aliphatic rings. The van der Waals surface area contributed by atoms with Gasteiger partial charge in [-0.25, -0.2) is 0 Å². The molecule has 0 saturated heterocycles. The lowest BCUT2D eigenvalue weighted by Crippen LogP contribution is -2.38. The van der Waals surface area contributed by atoms with Crippen LogP contribution < -0.4 is 19.5 Å². The van der Waals surface area contributed by atoms with Crippen LogP contribution in [0.4, 0.5) is 0 Å². The lowest BCUT2D eigenvalue weighted by molar-refractivity contribution is -0.138. The molecule has 0 fully saturated rings. The highest BCUT2D eigenvalue weighted by Gasteiger charge is 2.21. The smallest absolute Gasteiger partial charge is 0.325 e. The average Bonchev–Trinajstić information content (AvgIpc) is 2.96. The Labute approximate surface area is 132 Å². The summed E-state index contributed by atoms with van der Waals surface area (Å²) in [6, 6.07) is 2.29. The number of carboxylic acids is 1. The van der Waals surface area contributed by atoms with Crippen LogP contribution in [0.25, 0.3) is 10.9 Å². The lowest BCUT2D eigenvalue weighted by Gasteiger charge is -2.12. The number of carboxylic acid groups (broad SMARTS) is 1. The molecule has 0 saturated carbocycles. The van der Waals surface area contributed by atoms with Gasteiger partial charge in [0.1, 0.15) is 11.7 Å². The van der Waals surface area contributed by atoms with Crippen molar-refractivity contribution < 1.29 is 28.9 Å². The van der Waals surface area contributed by atoms with E-state index in [1.54, 1.807) is 12.1 Å². The Morgan fingerprint density at radius 2 is 1.78 bits per heavy atom. The Morgan fingerprint density at radius 1 is 1.13 bits per heavy atom. The van der Waals surface area contributed by atoms with Crippen molar-refractivity contribution in [2.75, 3.05) is 21.3 Å². The van der Waals surface area contributed by atoms with Crippen LogP contribution in [0.2, 0.25) is 0 Å². The van der Waals surface area contributed by atoms with Crippen LogP contribution in [0.5, 0.6) is 17.2 Å². The minimum Gasteiger partial charge on any atom is -0.493 e. The number of hydrogen-bond acceptors (Lipinski definition) is 5. The molecule has 0 bridgehead atoms. The van der Waals surface area contributed by atoms with Crippen molar-refractivity contribution in [2.45, 2.75) is 13.0 Å². The predicted molar refractivity (Wildman–Crippen MR) is 82.5 cm³/mol. The van der Waals surface area contributed by atoms with Crippen molar-refractivity contribution in [3.8, 4) is 17.2 Å². The molecule has 0 radical (unpaired) electrons. The van der Waals surface area contributed by atoms with Gasteiger partial charge < -0.3 is 29.6 Å². The number of aliphatic carboxylic acids is 1. The number of nitrogens with one attached hydrogen (secondary N) is 2. The highest BCUT2D eigenvalue weighted by atomic mass is 16.5. The van der Waals surface area contributed by atoms with Crippen LogP contribution in [0.3, 0.4) is 0 Å². The molecule has 1 amide bonds. The summed E-state index contributed by atoms with van der Waals surface area (Å²) in [6.45, 7) is 1.38. The molecule has 1 atom stereocenters. The second-order valence-electron chi connectivity index (χ2n) is 4.83. The summed E-state index contributed by atoms with van der Waals surface area (Å²) in [6.07, 6.45) is 0. The summed E-state index contributed by atoms with van der Waals surface area (Å²) in [5.74, 6) is -0.393. The molecule has 1 aromatic carbocycles. The Balaban J connectivity index is 2.49. The lowest BCUT2D eigenvalue weighted by atomic mass is 10.2. The summed E-state index contributed by atoms with van der Waals surface area (Å²) in [4.78, 5) is 25.9. The molecule has 124 valence electrons. The van der Waals surface area contributed by atoms with E-state index in [1.165, 1.54) is 28.3 Å². The molecule has 23 heavy (non-hydrogen) atoms. The highest BCUT2D eigenvalue weighted by Crippen LogP contribution is 2.43. The molecular weight excluding hydrogens is 304 g/mol. The SMILES string of the molecule is COc1cc2cc(C(=O)N[C@@H](C)C(=O)O)[nH]c2c(OC)c1OC. The summed E-state index contributed by atoms with van der Waals surface area (Å²) in [5, 5.41) is 11.9. The fourth-order valence-corrected chi connectivity index (χ4v) is 2.20. The molecular formula is C15H18N2O6. The Kier molecular flexibility index (Phi) is 4.63. The van der Waals surface area contributed by atoms with E-state index < -0.39 is 17.9 Å². The van der Waals surface area contributed by atoms with Crippen LogP contribution in [0, 0.1) is 0 Å². The highest BCUT2D eigenvalue weighted by molar-refractivity contribution is 6.02. The van der Waals surface area contributed by atoms with Crippen molar-refractivity contribution in [1.29, 1.82) is 0 Å². The molecule has 8 nitrogen and oxygen atoms in total. The number of benzene rings is 1. The Hall–Kier alpha value is -2.90. The topological polar surface area (TPSA) is 110 Å². The van der Waals surface area contributed by atoms with E-state index in [1.807, 2.05) is 0 Å². The van der Waals surface area contributed by atoms with Crippen LogP contribution in [0.15, 0.2) is 12.1 Å². The number of aromatic amines is 1. The Bertz CT molecular complexity index is 752. The maximum atomic E-state index is 12.1. The van der Waals surface area contributed by atoms with Crippen molar-refractivity contribution >= 4 is 22.8 Å². The number of amides is 1.